The molecule has 0 bridgehead atoms. The van der Waals surface area contributed by atoms with E-state index in [4.69, 9.17) is 0 Å². The third-order valence-electron chi connectivity index (χ3n) is 2.80. The highest BCUT2D eigenvalue weighted by Crippen LogP contribution is 2.03. The van der Waals surface area contributed by atoms with Crippen LogP contribution in [0.25, 0.3) is 6.08 Å². The second-order valence-electron chi connectivity index (χ2n) is 4.46. The van der Waals surface area contributed by atoms with E-state index in [1.165, 1.54) is 22.3 Å². The van der Waals surface area contributed by atoms with E-state index in [2.05, 4.69) is 75.9 Å². The number of rotatable bonds is 2. The molecule has 0 saturated carbocycles. The first kappa shape index (κ1) is 17.2. The van der Waals surface area contributed by atoms with Gasteiger partial charge in [-0.1, -0.05) is 86.7 Å². The summed E-state index contributed by atoms with van der Waals surface area (Å²) in [5.41, 5.74) is 5.26. The summed E-state index contributed by atoms with van der Waals surface area (Å²) in [7, 11) is 0. The molecular weight excluding hydrogens is 228 g/mol. The summed E-state index contributed by atoms with van der Waals surface area (Å²) in [4.78, 5) is 0. The molecule has 19 heavy (non-hydrogen) atoms. The van der Waals surface area contributed by atoms with E-state index in [0.717, 1.165) is 6.42 Å². The van der Waals surface area contributed by atoms with Crippen LogP contribution in [0, 0.1) is 13.8 Å². The smallest absolute Gasteiger partial charge is 0.0262 e. The van der Waals surface area contributed by atoms with Crippen molar-refractivity contribution in [1.82, 2.24) is 0 Å². The molecule has 2 aromatic rings. The summed E-state index contributed by atoms with van der Waals surface area (Å²) in [6.45, 7) is 10.0. The molecule has 0 amide bonds. The highest BCUT2D eigenvalue weighted by Gasteiger charge is 1.86. The minimum atomic E-state index is 0. The fourth-order valence-electron chi connectivity index (χ4n) is 1.63. The third-order valence-corrected chi connectivity index (χ3v) is 2.80. The van der Waals surface area contributed by atoms with Crippen LogP contribution in [-0.4, -0.2) is 0 Å². The van der Waals surface area contributed by atoms with Crippen molar-refractivity contribution >= 4 is 6.08 Å². The van der Waals surface area contributed by atoms with Gasteiger partial charge >= 0.3 is 0 Å². The predicted octanol–water partition coefficient (Wildman–Crippen LogP) is 5.83. The van der Waals surface area contributed by atoms with Crippen LogP contribution in [0.3, 0.4) is 0 Å². The summed E-state index contributed by atoms with van der Waals surface area (Å²) < 4.78 is 0. The number of hydrogen-bond donors (Lipinski definition) is 0. The molecule has 0 nitrogen and oxygen atoms in total. The molecular formula is C19H26. The monoisotopic (exact) mass is 254 g/mol. The van der Waals surface area contributed by atoms with Gasteiger partial charge in [0.1, 0.15) is 0 Å². The lowest BCUT2D eigenvalue weighted by Gasteiger charge is -1.95. The fraction of sp³-hybridized carbons (Fsp3) is 0.263. The van der Waals surface area contributed by atoms with Gasteiger partial charge in [0.05, 0.1) is 0 Å². The van der Waals surface area contributed by atoms with E-state index in [0.29, 0.717) is 0 Å². The Balaban J connectivity index is 0.000000324. The van der Waals surface area contributed by atoms with Crippen molar-refractivity contribution in [1.29, 1.82) is 0 Å². The van der Waals surface area contributed by atoms with E-state index in [-0.39, 0.29) is 7.43 Å². The lowest BCUT2D eigenvalue weighted by Crippen LogP contribution is -1.78. The Kier molecular flexibility index (Phi) is 8.28. The zero-order chi connectivity index (χ0) is 13.4. The molecule has 0 unspecified atom stereocenters. The zero-order valence-electron chi connectivity index (χ0n) is 11.6. The molecule has 0 heterocycles. The predicted molar refractivity (Wildman–Crippen MR) is 88.6 cm³/mol. The molecule has 0 radical (unpaired) electrons. The third kappa shape index (κ3) is 6.61. The lowest BCUT2D eigenvalue weighted by atomic mass is 10.1. The number of aryl methyl sites for hydroxylation is 3. The molecule has 0 spiro atoms. The maximum absolute atomic E-state index is 3.66. The van der Waals surface area contributed by atoms with Gasteiger partial charge < -0.3 is 0 Å². The van der Waals surface area contributed by atoms with Crippen LogP contribution in [0.15, 0.2) is 55.1 Å². The summed E-state index contributed by atoms with van der Waals surface area (Å²) in [6, 6.07) is 16.9. The van der Waals surface area contributed by atoms with Gasteiger partial charge in [0.15, 0.2) is 0 Å². The van der Waals surface area contributed by atoms with E-state index in [1.54, 1.807) is 0 Å². The lowest BCUT2D eigenvalue weighted by molar-refractivity contribution is 1.13. The molecule has 102 valence electrons. The molecule has 0 aliphatic carbocycles. The Labute approximate surface area is 118 Å². The van der Waals surface area contributed by atoms with Crippen molar-refractivity contribution in [2.24, 2.45) is 0 Å². The summed E-state index contributed by atoms with van der Waals surface area (Å²) >= 11 is 0. The van der Waals surface area contributed by atoms with E-state index in [1.807, 2.05) is 6.08 Å². The van der Waals surface area contributed by atoms with Gasteiger partial charge in [0, 0.05) is 0 Å². The highest BCUT2D eigenvalue weighted by molar-refractivity contribution is 5.46. The van der Waals surface area contributed by atoms with E-state index in [9.17, 15) is 0 Å². The molecule has 0 fully saturated rings. The van der Waals surface area contributed by atoms with Crippen LogP contribution < -0.4 is 0 Å². The van der Waals surface area contributed by atoms with E-state index >= 15 is 0 Å². The Morgan fingerprint density at radius 2 is 1.58 bits per heavy atom. The normalized spacial score (nSPS) is 8.79. The van der Waals surface area contributed by atoms with Crippen molar-refractivity contribution in [2.75, 3.05) is 0 Å². The first-order valence-electron chi connectivity index (χ1n) is 6.40. The summed E-state index contributed by atoms with van der Waals surface area (Å²) in [5, 5.41) is 0. The average Bonchev–Trinajstić information content (AvgIpc) is 2.40. The minimum Gasteiger partial charge on any atom is -0.0985 e. The standard InChI is InChI=1S/C9H10.C9H12.CH4/c1-3-9-6-4-8(2)5-7-9;1-3-9-6-4-5-8(2)7-9;/h3-7H,1H2,2H3;4-7H,3H2,1-2H3;1H4. The summed E-state index contributed by atoms with van der Waals surface area (Å²) in [6.07, 6.45) is 2.99. The number of benzene rings is 2. The maximum Gasteiger partial charge on any atom is -0.0262 e. The fourth-order valence-corrected chi connectivity index (χ4v) is 1.63. The molecule has 0 N–H and O–H groups in total. The van der Waals surface area contributed by atoms with Crippen LogP contribution in [0.1, 0.15) is 36.6 Å². The SMILES string of the molecule is C.C=Cc1ccc(C)cc1.CCc1cccc(C)c1. The molecule has 2 rings (SSSR count). The highest BCUT2D eigenvalue weighted by atomic mass is 13.9. The largest absolute Gasteiger partial charge is 0.0985 e. The van der Waals surface area contributed by atoms with Crippen molar-refractivity contribution in [2.45, 2.75) is 34.6 Å². The molecule has 2 aromatic carbocycles. The molecule has 0 saturated heterocycles. The van der Waals surface area contributed by atoms with Crippen molar-refractivity contribution in [3.05, 3.63) is 77.4 Å². The van der Waals surface area contributed by atoms with Crippen molar-refractivity contribution in [3.63, 3.8) is 0 Å². The van der Waals surface area contributed by atoms with Gasteiger partial charge in [-0.2, -0.15) is 0 Å². The van der Waals surface area contributed by atoms with Gasteiger partial charge in [-0.05, 0) is 31.4 Å². The first-order valence-corrected chi connectivity index (χ1v) is 6.40. The Hall–Kier alpha value is -1.82. The molecule has 0 heteroatoms. The van der Waals surface area contributed by atoms with Crippen molar-refractivity contribution in [3.8, 4) is 0 Å². The molecule has 0 aliphatic rings. The Morgan fingerprint density at radius 3 is 2.00 bits per heavy atom. The quantitative estimate of drug-likeness (QED) is 0.632. The molecule has 0 aromatic heterocycles. The van der Waals surface area contributed by atoms with Gasteiger partial charge in [0.25, 0.3) is 0 Å². The Bertz CT molecular complexity index is 478. The van der Waals surface area contributed by atoms with Crippen LogP contribution in [0.4, 0.5) is 0 Å². The zero-order valence-corrected chi connectivity index (χ0v) is 11.6. The van der Waals surface area contributed by atoms with Crippen LogP contribution >= 0.6 is 0 Å². The summed E-state index contributed by atoms with van der Waals surface area (Å²) in [5.74, 6) is 0. The topological polar surface area (TPSA) is 0 Å². The van der Waals surface area contributed by atoms with Gasteiger partial charge in [0.2, 0.25) is 0 Å². The second kappa shape index (κ2) is 9.16. The van der Waals surface area contributed by atoms with Crippen molar-refractivity contribution < 1.29 is 0 Å². The average molecular weight is 254 g/mol. The van der Waals surface area contributed by atoms with Gasteiger partial charge in [-0.15, -0.1) is 0 Å². The second-order valence-corrected chi connectivity index (χ2v) is 4.46. The number of hydrogen-bond acceptors (Lipinski definition) is 0. The molecule has 0 aliphatic heterocycles. The van der Waals surface area contributed by atoms with Crippen LogP contribution in [-0.2, 0) is 6.42 Å². The Morgan fingerprint density at radius 1 is 0.947 bits per heavy atom. The maximum atomic E-state index is 3.66. The van der Waals surface area contributed by atoms with E-state index < -0.39 is 0 Å². The first-order chi connectivity index (χ1) is 8.65. The molecule has 0 atom stereocenters. The van der Waals surface area contributed by atoms with Gasteiger partial charge in [-0.25, -0.2) is 0 Å². The van der Waals surface area contributed by atoms with Crippen LogP contribution in [0.5, 0.6) is 0 Å². The van der Waals surface area contributed by atoms with Crippen LogP contribution in [0.2, 0.25) is 0 Å². The van der Waals surface area contributed by atoms with Gasteiger partial charge in [-0.3, -0.25) is 0 Å². The minimum absolute atomic E-state index is 0.